The monoisotopic (exact) mass is 339 g/mol. The SMILES string of the molecule is C[NH+](C)CCNC(=S)N=c1sccn1Cc1ccccc1F. The molecule has 2 rings (SSSR count). The van der Waals surface area contributed by atoms with Gasteiger partial charge in [0.15, 0.2) is 9.91 Å². The molecule has 0 atom stereocenters. The third-order valence-corrected chi connectivity index (χ3v) is 4.09. The zero-order chi connectivity index (χ0) is 15.9. The lowest BCUT2D eigenvalue weighted by Gasteiger charge is -2.08. The Morgan fingerprint density at radius 1 is 1.41 bits per heavy atom. The van der Waals surface area contributed by atoms with E-state index >= 15 is 0 Å². The van der Waals surface area contributed by atoms with Crippen LogP contribution < -0.4 is 15.0 Å². The molecular formula is C15H20FN4S2+. The molecule has 0 aliphatic heterocycles. The first-order valence-corrected chi connectivity index (χ1v) is 8.34. The third kappa shape index (κ3) is 5.01. The minimum absolute atomic E-state index is 0.207. The highest BCUT2D eigenvalue weighted by Crippen LogP contribution is 2.07. The second kappa shape index (κ2) is 8.17. The molecule has 0 fully saturated rings. The Morgan fingerprint density at radius 2 is 2.18 bits per heavy atom. The summed E-state index contributed by atoms with van der Waals surface area (Å²) < 4.78 is 15.6. The molecular weight excluding hydrogens is 319 g/mol. The quantitative estimate of drug-likeness (QED) is 0.785. The second-order valence-electron chi connectivity index (χ2n) is 5.21. The summed E-state index contributed by atoms with van der Waals surface area (Å²) in [6.45, 7) is 2.19. The molecule has 2 aromatic rings. The van der Waals surface area contributed by atoms with Crippen LogP contribution in [0.15, 0.2) is 40.8 Å². The van der Waals surface area contributed by atoms with Crippen LogP contribution in [-0.4, -0.2) is 36.9 Å². The molecule has 1 heterocycles. The Labute approximate surface area is 138 Å². The molecule has 0 aliphatic rings. The second-order valence-corrected chi connectivity index (χ2v) is 6.47. The van der Waals surface area contributed by atoms with E-state index in [1.807, 2.05) is 22.2 Å². The number of likely N-dealkylation sites (N-methyl/N-ethyl adjacent to an activating group) is 1. The van der Waals surface area contributed by atoms with Crippen LogP contribution in [0.5, 0.6) is 0 Å². The molecule has 0 radical (unpaired) electrons. The number of thiocarbonyl (C=S) groups is 1. The number of hydrogen-bond donors (Lipinski definition) is 2. The molecule has 2 N–H and O–H groups in total. The number of hydrogen-bond acceptors (Lipinski definition) is 2. The fourth-order valence-corrected chi connectivity index (χ4v) is 2.84. The predicted octanol–water partition coefficient (Wildman–Crippen LogP) is 0.657. The van der Waals surface area contributed by atoms with Crippen molar-refractivity contribution in [2.45, 2.75) is 6.54 Å². The van der Waals surface area contributed by atoms with E-state index < -0.39 is 0 Å². The van der Waals surface area contributed by atoms with Crippen molar-refractivity contribution in [3.05, 3.63) is 52.0 Å². The van der Waals surface area contributed by atoms with Crippen molar-refractivity contribution in [1.82, 2.24) is 9.88 Å². The van der Waals surface area contributed by atoms with E-state index in [4.69, 9.17) is 12.2 Å². The Morgan fingerprint density at radius 3 is 2.91 bits per heavy atom. The third-order valence-electron chi connectivity index (χ3n) is 3.06. The van der Waals surface area contributed by atoms with Crippen LogP contribution in [0.4, 0.5) is 4.39 Å². The molecule has 4 nitrogen and oxygen atoms in total. The summed E-state index contributed by atoms with van der Waals surface area (Å²) >= 11 is 6.72. The number of rotatable bonds is 5. The fourth-order valence-electron chi connectivity index (χ4n) is 1.86. The number of benzene rings is 1. The average Bonchev–Trinajstić information content (AvgIpc) is 2.88. The molecule has 1 aromatic heterocycles. The predicted molar refractivity (Wildman–Crippen MR) is 91.7 cm³/mol. The van der Waals surface area contributed by atoms with Crippen molar-refractivity contribution in [1.29, 1.82) is 0 Å². The zero-order valence-corrected chi connectivity index (χ0v) is 14.3. The molecule has 0 saturated carbocycles. The maximum absolute atomic E-state index is 13.7. The van der Waals surface area contributed by atoms with Gasteiger partial charge in [0.05, 0.1) is 33.7 Å². The van der Waals surface area contributed by atoms with Crippen LogP contribution in [0, 0.1) is 5.82 Å². The summed E-state index contributed by atoms with van der Waals surface area (Å²) in [5, 5.41) is 5.50. The van der Waals surface area contributed by atoms with E-state index in [1.54, 1.807) is 12.1 Å². The minimum atomic E-state index is -0.207. The lowest BCUT2D eigenvalue weighted by Crippen LogP contribution is -3.06. The Bertz CT molecular complexity index is 691. The molecule has 0 amide bonds. The van der Waals surface area contributed by atoms with E-state index in [0.29, 0.717) is 17.2 Å². The van der Waals surface area contributed by atoms with Gasteiger partial charge in [-0.2, -0.15) is 4.99 Å². The molecule has 0 spiro atoms. The van der Waals surface area contributed by atoms with Gasteiger partial charge in [-0.25, -0.2) is 4.39 Å². The summed E-state index contributed by atoms with van der Waals surface area (Å²) in [6, 6.07) is 6.77. The van der Waals surface area contributed by atoms with Gasteiger partial charge in [-0.05, 0) is 18.3 Å². The van der Waals surface area contributed by atoms with Gasteiger partial charge in [-0.1, -0.05) is 18.2 Å². The molecule has 118 valence electrons. The smallest absolute Gasteiger partial charge is 0.195 e. The summed E-state index contributed by atoms with van der Waals surface area (Å²) in [5.74, 6) is -0.207. The van der Waals surface area contributed by atoms with Crippen molar-refractivity contribution in [3.8, 4) is 0 Å². The van der Waals surface area contributed by atoms with Crippen LogP contribution in [0.2, 0.25) is 0 Å². The van der Waals surface area contributed by atoms with Crippen molar-refractivity contribution >= 4 is 28.7 Å². The lowest BCUT2D eigenvalue weighted by atomic mass is 10.2. The van der Waals surface area contributed by atoms with Gasteiger partial charge in [0.2, 0.25) is 0 Å². The summed E-state index contributed by atoms with van der Waals surface area (Å²) in [7, 11) is 4.17. The molecule has 0 aliphatic carbocycles. The van der Waals surface area contributed by atoms with Crippen LogP contribution >= 0.6 is 23.6 Å². The fraction of sp³-hybridized carbons (Fsp3) is 0.333. The molecule has 0 bridgehead atoms. The minimum Gasteiger partial charge on any atom is -0.355 e. The zero-order valence-electron chi connectivity index (χ0n) is 12.7. The Hall–Kier alpha value is -1.57. The number of nitrogens with one attached hydrogen (secondary N) is 2. The Balaban J connectivity index is 2.07. The number of nitrogens with zero attached hydrogens (tertiary/aromatic N) is 2. The largest absolute Gasteiger partial charge is 0.355 e. The first-order chi connectivity index (χ1) is 10.6. The van der Waals surface area contributed by atoms with Crippen molar-refractivity contribution in [2.75, 3.05) is 27.2 Å². The van der Waals surface area contributed by atoms with E-state index in [2.05, 4.69) is 24.4 Å². The molecule has 7 heteroatoms. The summed E-state index contributed by atoms with van der Waals surface area (Å²) in [5.41, 5.74) is 0.637. The molecule has 22 heavy (non-hydrogen) atoms. The standard InChI is InChI=1S/C15H19FN4S2/c1-19(2)8-7-17-14(21)18-15-20(9-10-22-15)11-12-5-3-4-6-13(12)16/h3-6,9-10H,7-8,11H2,1-2H3,(H,17,21)/p+1. The van der Waals surface area contributed by atoms with Gasteiger partial charge in [-0.15, -0.1) is 11.3 Å². The molecule has 0 unspecified atom stereocenters. The average molecular weight is 339 g/mol. The highest BCUT2D eigenvalue weighted by molar-refractivity contribution is 7.80. The number of aromatic nitrogens is 1. The topological polar surface area (TPSA) is 33.8 Å². The van der Waals surface area contributed by atoms with Gasteiger partial charge < -0.3 is 14.8 Å². The van der Waals surface area contributed by atoms with Crippen LogP contribution in [-0.2, 0) is 6.54 Å². The number of thiazole rings is 1. The highest BCUT2D eigenvalue weighted by Gasteiger charge is 2.04. The van der Waals surface area contributed by atoms with Gasteiger partial charge in [-0.3, -0.25) is 0 Å². The van der Waals surface area contributed by atoms with Crippen molar-refractivity contribution < 1.29 is 9.29 Å². The normalized spacial score (nSPS) is 11.9. The maximum Gasteiger partial charge on any atom is 0.195 e. The van der Waals surface area contributed by atoms with Crippen LogP contribution in [0.3, 0.4) is 0 Å². The van der Waals surface area contributed by atoms with Gasteiger partial charge in [0.1, 0.15) is 5.82 Å². The van der Waals surface area contributed by atoms with Crippen molar-refractivity contribution in [3.63, 3.8) is 0 Å². The Kier molecular flexibility index (Phi) is 6.23. The van der Waals surface area contributed by atoms with Gasteiger partial charge >= 0.3 is 0 Å². The number of halogens is 1. The highest BCUT2D eigenvalue weighted by atomic mass is 32.1. The summed E-state index contributed by atoms with van der Waals surface area (Å²) in [4.78, 5) is 6.52. The van der Waals surface area contributed by atoms with Gasteiger partial charge in [0.25, 0.3) is 0 Å². The maximum atomic E-state index is 13.7. The van der Waals surface area contributed by atoms with Crippen LogP contribution in [0.25, 0.3) is 0 Å². The van der Waals surface area contributed by atoms with E-state index in [0.717, 1.165) is 17.9 Å². The van der Waals surface area contributed by atoms with E-state index in [9.17, 15) is 4.39 Å². The molecule has 0 saturated heterocycles. The molecule has 1 aromatic carbocycles. The summed E-state index contributed by atoms with van der Waals surface area (Å²) in [6.07, 6.45) is 1.89. The van der Waals surface area contributed by atoms with Gasteiger partial charge in [0, 0.05) is 17.1 Å². The van der Waals surface area contributed by atoms with E-state index in [-0.39, 0.29) is 5.82 Å². The van der Waals surface area contributed by atoms with Crippen molar-refractivity contribution in [2.24, 2.45) is 4.99 Å². The first kappa shape index (κ1) is 16.8. The lowest BCUT2D eigenvalue weighted by molar-refractivity contribution is -0.856. The van der Waals surface area contributed by atoms with Crippen LogP contribution in [0.1, 0.15) is 5.56 Å². The van der Waals surface area contributed by atoms with E-state index in [1.165, 1.54) is 22.3 Å². The first-order valence-electron chi connectivity index (χ1n) is 7.05. The number of quaternary nitrogens is 1.